The number of nitrogens with one attached hydrogen (secondary N) is 2. The van der Waals surface area contributed by atoms with E-state index in [2.05, 4.69) is 26.2 Å². The van der Waals surface area contributed by atoms with Gasteiger partial charge in [0, 0.05) is 10.7 Å². The first kappa shape index (κ1) is 15.3. The second-order valence-corrected chi connectivity index (χ2v) is 5.51. The summed E-state index contributed by atoms with van der Waals surface area (Å²) in [6.07, 6.45) is 1.50. The molecule has 1 aromatic carbocycles. The van der Waals surface area contributed by atoms with Crippen molar-refractivity contribution in [3.8, 4) is 5.75 Å². The number of carbonyl (C=O) groups is 1. The molecule has 0 unspecified atom stereocenters. The molecule has 0 fully saturated rings. The fourth-order valence-electron chi connectivity index (χ4n) is 1.76. The van der Waals surface area contributed by atoms with E-state index in [0.717, 1.165) is 11.1 Å². The van der Waals surface area contributed by atoms with Crippen molar-refractivity contribution in [2.45, 2.75) is 13.8 Å². The van der Waals surface area contributed by atoms with Crippen molar-refractivity contribution >= 4 is 27.5 Å². The third-order valence-corrected chi connectivity index (χ3v) is 3.51. The minimum Gasteiger partial charge on any atom is -0.483 e. The Kier molecular flexibility index (Phi) is 4.80. The Morgan fingerprint density at radius 2 is 2.14 bits per heavy atom. The molecule has 1 amide bonds. The summed E-state index contributed by atoms with van der Waals surface area (Å²) in [4.78, 5) is 25.9. The summed E-state index contributed by atoms with van der Waals surface area (Å²) in [5.41, 5.74) is 1.90. The molecule has 0 aliphatic heterocycles. The molecule has 0 bridgehead atoms. The number of pyridine rings is 1. The zero-order valence-corrected chi connectivity index (χ0v) is 13.3. The number of hydrogen-bond acceptors (Lipinski definition) is 3. The first-order valence-corrected chi connectivity index (χ1v) is 7.14. The van der Waals surface area contributed by atoms with Crippen LogP contribution in [0.4, 0.5) is 5.69 Å². The summed E-state index contributed by atoms with van der Waals surface area (Å²) in [6.45, 7) is 3.75. The van der Waals surface area contributed by atoms with Crippen LogP contribution >= 0.6 is 15.9 Å². The third kappa shape index (κ3) is 3.95. The van der Waals surface area contributed by atoms with Gasteiger partial charge in [-0.1, -0.05) is 12.1 Å². The number of ether oxygens (including phenoxy) is 1. The van der Waals surface area contributed by atoms with Gasteiger partial charge < -0.3 is 15.0 Å². The van der Waals surface area contributed by atoms with Crippen LogP contribution in [0.2, 0.25) is 0 Å². The quantitative estimate of drug-likeness (QED) is 0.890. The van der Waals surface area contributed by atoms with E-state index >= 15 is 0 Å². The fraction of sp³-hybridized carbons (Fsp3) is 0.200. The summed E-state index contributed by atoms with van der Waals surface area (Å²) >= 11 is 3.23. The van der Waals surface area contributed by atoms with Crippen molar-refractivity contribution in [3.63, 3.8) is 0 Å². The van der Waals surface area contributed by atoms with E-state index in [-0.39, 0.29) is 23.8 Å². The molecule has 0 atom stereocenters. The summed E-state index contributed by atoms with van der Waals surface area (Å²) < 4.78 is 6.16. The second-order valence-electron chi connectivity index (χ2n) is 4.60. The lowest BCUT2D eigenvalue weighted by Crippen LogP contribution is -2.24. The highest BCUT2D eigenvalue weighted by Crippen LogP contribution is 2.20. The fourth-order valence-corrected chi connectivity index (χ4v) is 2.10. The van der Waals surface area contributed by atoms with E-state index in [1.165, 1.54) is 12.3 Å². The Balaban J connectivity index is 2.01. The smallest absolute Gasteiger partial charge is 0.271 e. The van der Waals surface area contributed by atoms with Gasteiger partial charge in [-0.15, -0.1) is 0 Å². The van der Waals surface area contributed by atoms with E-state index < -0.39 is 0 Å². The second kappa shape index (κ2) is 6.58. The molecule has 2 aromatic rings. The van der Waals surface area contributed by atoms with Crippen LogP contribution in [0, 0.1) is 13.8 Å². The van der Waals surface area contributed by atoms with Crippen LogP contribution in [0.15, 0.2) is 39.7 Å². The first-order valence-electron chi connectivity index (χ1n) is 6.34. The van der Waals surface area contributed by atoms with Gasteiger partial charge in [-0.3, -0.25) is 9.59 Å². The normalized spacial score (nSPS) is 10.2. The number of aromatic nitrogens is 1. The molecule has 0 aliphatic rings. The molecule has 0 spiro atoms. The highest BCUT2D eigenvalue weighted by atomic mass is 79.9. The number of H-pyrrole nitrogens is 1. The van der Waals surface area contributed by atoms with Gasteiger partial charge in [-0.2, -0.15) is 0 Å². The van der Waals surface area contributed by atoms with Crippen LogP contribution in [0.1, 0.15) is 11.1 Å². The van der Waals surface area contributed by atoms with Gasteiger partial charge in [0.25, 0.3) is 11.5 Å². The maximum Gasteiger partial charge on any atom is 0.271 e. The minimum absolute atomic E-state index is 0.157. The van der Waals surface area contributed by atoms with Gasteiger partial charge in [0.05, 0.1) is 0 Å². The molecule has 1 aromatic heterocycles. The predicted molar refractivity (Wildman–Crippen MR) is 84.8 cm³/mol. The zero-order valence-electron chi connectivity index (χ0n) is 11.7. The van der Waals surface area contributed by atoms with Gasteiger partial charge in [0.1, 0.15) is 11.4 Å². The standard InChI is InChI=1S/C15H15BrN2O3/c1-9-4-3-5-13(10(9)2)21-8-14(19)18-12-6-11(16)7-17-15(12)20/h3-7H,8H2,1-2H3,(H,17,20)(H,18,19). The lowest BCUT2D eigenvalue weighted by Gasteiger charge is -2.10. The lowest BCUT2D eigenvalue weighted by atomic mass is 10.1. The maximum absolute atomic E-state index is 11.8. The Bertz CT molecular complexity index is 725. The molecular weight excluding hydrogens is 336 g/mol. The molecule has 110 valence electrons. The van der Waals surface area contributed by atoms with Crippen molar-refractivity contribution in [1.82, 2.24) is 4.98 Å². The Labute approximate surface area is 130 Å². The maximum atomic E-state index is 11.8. The Hall–Kier alpha value is -2.08. The number of aromatic amines is 1. The molecular formula is C15H15BrN2O3. The predicted octanol–water partition coefficient (Wildman–Crippen LogP) is 2.77. The summed E-state index contributed by atoms with van der Waals surface area (Å²) in [5, 5.41) is 2.52. The van der Waals surface area contributed by atoms with E-state index in [1.807, 2.05) is 32.0 Å². The molecule has 6 heteroatoms. The first-order chi connectivity index (χ1) is 9.97. The van der Waals surface area contributed by atoms with Crippen LogP contribution in [-0.4, -0.2) is 17.5 Å². The number of carbonyl (C=O) groups excluding carboxylic acids is 1. The number of anilines is 1. The number of aryl methyl sites for hydroxylation is 1. The minimum atomic E-state index is -0.389. The Morgan fingerprint density at radius 1 is 1.38 bits per heavy atom. The molecule has 21 heavy (non-hydrogen) atoms. The average molecular weight is 351 g/mol. The van der Waals surface area contributed by atoms with Gasteiger partial charge in [-0.05, 0) is 53.0 Å². The van der Waals surface area contributed by atoms with E-state index in [1.54, 1.807) is 0 Å². The Morgan fingerprint density at radius 3 is 2.90 bits per heavy atom. The van der Waals surface area contributed by atoms with Crippen molar-refractivity contribution in [2.24, 2.45) is 0 Å². The van der Waals surface area contributed by atoms with Crippen LogP contribution in [0.5, 0.6) is 5.75 Å². The van der Waals surface area contributed by atoms with Crippen LogP contribution < -0.4 is 15.6 Å². The molecule has 0 aliphatic carbocycles. The van der Waals surface area contributed by atoms with Crippen molar-refractivity contribution in [3.05, 3.63) is 56.4 Å². The summed E-state index contributed by atoms with van der Waals surface area (Å²) in [6, 6.07) is 7.19. The molecule has 0 radical (unpaired) electrons. The largest absolute Gasteiger partial charge is 0.483 e. The SMILES string of the molecule is Cc1cccc(OCC(=O)Nc2cc(Br)c[nH]c2=O)c1C. The average Bonchev–Trinajstić information content (AvgIpc) is 2.44. The number of rotatable bonds is 4. The highest BCUT2D eigenvalue weighted by molar-refractivity contribution is 9.10. The molecule has 2 rings (SSSR count). The number of amides is 1. The zero-order chi connectivity index (χ0) is 15.4. The van der Waals surface area contributed by atoms with E-state index in [9.17, 15) is 9.59 Å². The van der Waals surface area contributed by atoms with Crippen LogP contribution in [0.25, 0.3) is 0 Å². The van der Waals surface area contributed by atoms with E-state index in [4.69, 9.17) is 4.74 Å². The van der Waals surface area contributed by atoms with Gasteiger partial charge in [0.2, 0.25) is 0 Å². The van der Waals surface area contributed by atoms with Gasteiger partial charge in [-0.25, -0.2) is 0 Å². The monoisotopic (exact) mass is 350 g/mol. The molecule has 0 saturated carbocycles. The molecule has 0 saturated heterocycles. The lowest BCUT2D eigenvalue weighted by molar-refractivity contribution is -0.118. The molecule has 2 N–H and O–H groups in total. The van der Waals surface area contributed by atoms with E-state index in [0.29, 0.717) is 10.2 Å². The van der Waals surface area contributed by atoms with Crippen LogP contribution in [-0.2, 0) is 4.79 Å². The topological polar surface area (TPSA) is 71.2 Å². The third-order valence-electron chi connectivity index (χ3n) is 3.06. The molecule has 1 heterocycles. The summed E-state index contributed by atoms with van der Waals surface area (Å²) in [5.74, 6) is 0.271. The number of benzene rings is 1. The number of hydrogen-bond donors (Lipinski definition) is 2. The summed E-state index contributed by atoms with van der Waals surface area (Å²) in [7, 11) is 0. The van der Waals surface area contributed by atoms with Crippen molar-refractivity contribution in [2.75, 3.05) is 11.9 Å². The van der Waals surface area contributed by atoms with Crippen molar-refractivity contribution in [1.29, 1.82) is 0 Å². The number of halogens is 1. The van der Waals surface area contributed by atoms with Crippen LogP contribution in [0.3, 0.4) is 0 Å². The van der Waals surface area contributed by atoms with Gasteiger partial charge in [0.15, 0.2) is 6.61 Å². The van der Waals surface area contributed by atoms with Gasteiger partial charge >= 0.3 is 0 Å². The highest BCUT2D eigenvalue weighted by Gasteiger charge is 2.09. The van der Waals surface area contributed by atoms with Crippen molar-refractivity contribution < 1.29 is 9.53 Å². The molecule has 5 nitrogen and oxygen atoms in total.